The van der Waals surface area contributed by atoms with E-state index < -0.39 is 0 Å². The van der Waals surface area contributed by atoms with Gasteiger partial charge in [0.25, 0.3) is 0 Å². The van der Waals surface area contributed by atoms with E-state index in [-0.39, 0.29) is 0 Å². The maximum Gasteiger partial charge on any atom is 0.0235 e. The zero-order valence-electron chi connectivity index (χ0n) is 11.4. The summed E-state index contributed by atoms with van der Waals surface area (Å²) in [5, 5.41) is 3.51. The van der Waals surface area contributed by atoms with Crippen LogP contribution in [0.15, 0.2) is 24.3 Å². The Balaban J connectivity index is 1.73. The summed E-state index contributed by atoms with van der Waals surface area (Å²) >= 11 is 0. The van der Waals surface area contributed by atoms with Crippen molar-refractivity contribution in [3.63, 3.8) is 0 Å². The van der Waals surface area contributed by atoms with Gasteiger partial charge in [-0.3, -0.25) is 4.90 Å². The fourth-order valence-corrected chi connectivity index (χ4v) is 3.61. The van der Waals surface area contributed by atoms with Crippen LogP contribution in [0.3, 0.4) is 0 Å². The van der Waals surface area contributed by atoms with Gasteiger partial charge in [-0.15, -0.1) is 0 Å². The molecule has 1 saturated heterocycles. The number of rotatable bonds is 4. The third-order valence-electron chi connectivity index (χ3n) is 4.48. The number of fused-ring (bicyclic) bond motifs is 1. The molecule has 1 aromatic rings. The molecule has 3 rings (SSSR count). The third kappa shape index (κ3) is 2.32. The van der Waals surface area contributed by atoms with Crippen molar-refractivity contribution < 1.29 is 0 Å². The predicted octanol–water partition coefficient (Wildman–Crippen LogP) is 2.23. The Bertz CT molecular complexity index is 371. The molecule has 2 heteroatoms. The molecule has 0 spiro atoms. The minimum Gasteiger partial charge on any atom is -0.315 e. The lowest BCUT2D eigenvalue weighted by Crippen LogP contribution is -2.45. The van der Waals surface area contributed by atoms with Crippen molar-refractivity contribution in [2.24, 2.45) is 0 Å². The topological polar surface area (TPSA) is 15.3 Å². The van der Waals surface area contributed by atoms with Gasteiger partial charge in [0.05, 0.1) is 0 Å². The van der Waals surface area contributed by atoms with Gasteiger partial charge < -0.3 is 5.32 Å². The molecule has 0 saturated carbocycles. The average Bonchev–Trinajstić information content (AvgIpc) is 3.04. The van der Waals surface area contributed by atoms with Crippen LogP contribution in [0.5, 0.6) is 0 Å². The monoisotopic (exact) mass is 244 g/mol. The van der Waals surface area contributed by atoms with Crippen molar-refractivity contribution in [2.75, 3.05) is 19.6 Å². The van der Waals surface area contributed by atoms with Crippen LogP contribution in [0, 0.1) is 0 Å². The molecule has 2 nitrogen and oxygen atoms in total. The minimum absolute atomic E-state index is 0.743. The first-order valence-corrected chi connectivity index (χ1v) is 7.41. The zero-order chi connectivity index (χ0) is 12.4. The Morgan fingerprint density at radius 3 is 2.44 bits per heavy atom. The van der Waals surface area contributed by atoms with Crippen molar-refractivity contribution in [1.29, 1.82) is 0 Å². The third-order valence-corrected chi connectivity index (χ3v) is 4.48. The molecule has 2 aliphatic rings. The molecule has 0 bridgehead atoms. The highest BCUT2D eigenvalue weighted by molar-refractivity contribution is 5.33. The maximum atomic E-state index is 3.51. The van der Waals surface area contributed by atoms with Gasteiger partial charge in [-0.1, -0.05) is 31.2 Å². The Morgan fingerprint density at radius 1 is 1.17 bits per heavy atom. The highest BCUT2D eigenvalue weighted by atomic mass is 15.2. The Labute approximate surface area is 110 Å². The second-order valence-corrected chi connectivity index (χ2v) is 5.72. The highest BCUT2D eigenvalue weighted by Gasteiger charge is 2.31. The summed E-state index contributed by atoms with van der Waals surface area (Å²) in [6.07, 6.45) is 5.11. The maximum absolute atomic E-state index is 3.51. The first-order valence-electron chi connectivity index (χ1n) is 7.41. The van der Waals surface area contributed by atoms with Crippen molar-refractivity contribution in [3.05, 3.63) is 35.4 Å². The van der Waals surface area contributed by atoms with Crippen LogP contribution in [-0.2, 0) is 12.8 Å². The first-order chi connectivity index (χ1) is 8.88. The second kappa shape index (κ2) is 5.41. The molecule has 1 N–H and O–H groups in total. The Morgan fingerprint density at radius 2 is 1.89 bits per heavy atom. The Hall–Kier alpha value is -0.860. The first kappa shape index (κ1) is 12.2. The normalized spacial score (nSPS) is 23.8. The minimum atomic E-state index is 0.743. The number of hydrogen-bond donors (Lipinski definition) is 1. The van der Waals surface area contributed by atoms with Gasteiger partial charge in [-0.05, 0) is 49.9 Å². The summed E-state index contributed by atoms with van der Waals surface area (Å²) in [7, 11) is 0. The standard InChI is InChI=1S/C16H24N2/c1-2-9-18(15-7-8-17-12-15)16-10-13-5-3-4-6-14(13)11-16/h3-6,15-17H,2,7-12H2,1H3. The van der Waals surface area contributed by atoms with E-state index in [4.69, 9.17) is 0 Å². The molecular weight excluding hydrogens is 220 g/mol. The fourth-order valence-electron chi connectivity index (χ4n) is 3.61. The molecule has 1 heterocycles. The molecule has 0 aromatic heterocycles. The lowest BCUT2D eigenvalue weighted by molar-refractivity contribution is 0.147. The Kier molecular flexibility index (Phi) is 3.67. The van der Waals surface area contributed by atoms with Crippen LogP contribution in [0.2, 0.25) is 0 Å². The van der Waals surface area contributed by atoms with Crippen LogP contribution in [0.25, 0.3) is 0 Å². The van der Waals surface area contributed by atoms with E-state index in [1.54, 1.807) is 11.1 Å². The molecule has 0 amide bonds. The van der Waals surface area contributed by atoms with E-state index in [0.29, 0.717) is 0 Å². The molecule has 1 aliphatic heterocycles. The zero-order valence-corrected chi connectivity index (χ0v) is 11.4. The van der Waals surface area contributed by atoms with Crippen LogP contribution < -0.4 is 5.32 Å². The van der Waals surface area contributed by atoms with Gasteiger partial charge >= 0.3 is 0 Å². The number of hydrogen-bond acceptors (Lipinski definition) is 2. The highest BCUT2D eigenvalue weighted by Crippen LogP contribution is 2.27. The summed E-state index contributed by atoms with van der Waals surface area (Å²) in [5.41, 5.74) is 3.16. The summed E-state index contributed by atoms with van der Waals surface area (Å²) in [6.45, 7) is 5.94. The smallest absolute Gasteiger partial charge is 0.0235 e. The van der Waals surface area contributed by atoms with Gasteiger partial charge in [0.2, 0.25) is 0 Å². The van der Waals surface area contributed by atoms with Crippen molar-refractivity contribution >= 4 is 0 Å². The lowest BCUT2D eigenvalue weighted by Gasteiger charge is -2.33. The summed E-state index contributed by atoms with van der Waals surface area (Å²) in [5.74, 6) is 0. The van der Waals surface area contributed by atoms with Crippen molar-refractivity contribution in [3.8, 4) is 0 Å². The van der Waals surface area contributed by atoms with Crippen LogP contribution in [-0.4, -0.2) is 36.6 Å². The van der Waals surface area contributed by atoms with Crippen LogP contribution >= 0.6 is 0 Å². The number of nitrogens with zero attached hydrogens (tertiary/aromatic N) is 1. The predicted molar refractivity (Wildman–Crippen MR) is 75.9 cm³/mol. The van der Waals surface area contributed by atoms with E-state index >= 15 is 0 Å². The lowest BCUT2D eigenvalue weighted by atomic mass is 10.1. The van der Waals surface area contributed by atoms with Gasteiger partial charge in [-0.25, -0.2) is 0 Å². The summed E-state index contributed by atoms with van der Waals surface area (Å²) < 4.78 is 0. The van der Waals surface area contributed by atoms with E-state index in [9.17, 15) is 0 Å². The summed E-state index contributed by atoms with van der Waals surface area (Å²) in [6, 6.07) is 10.5. The molecule has 0 radical (unpaired) electrons. The van der Waals surface area contributed by atoms with Crippen molar-refractivity contribution in [1.82, 2.24) is 10.2 Å². The SMILES string of the molecule is CCCN(C1CCNC1)C1Cc2ccccc2C1. The van der Waals surface area contributed by atoms with Crippen molar-refractivity contribution in [2.45, 2.75) is 44.7 Å². The van der Waals surface area contributed by atoms with E-state index in [1.807, 2.05) is 0 Å². The molecule has 18 heavy (non-hydrogen) atoms. The quantitative estimate of drug-likeness (QED) is 0.874. The van der Waals surface area contributed by atoms with E-state index in [0.717, 1.165) is 12.1 Å². The van der Waals surface area contributed by atoms with Crippen LogP contribution in [0.4, 0.5) is 0 Å². The largest absolute Gasteiger partial charge is 0.315 e. The molecule has 1 aliphatic carbocycles. The number of nitrogens with one attached hydrogen (secondary N) is 1. The second-order valence-electron chi connectivity index (χ2n) is 5.72. The van der Waals surface area contributed by atoms with Gasteiger partial charge in [0.15, 0.2) is 0 Å². The fraction of sp³-hybridized carbons (Fsp3) is 0.625. The van der Waals surface area contributed by atoms with Gasteiger partial charge in [0, 0.05) is 18.6 Å². The molecular formula is C16H24N2. The van der Waals surface area contributed by atoms with Crippen LogP contribution in [0.1, 0.15) is 30.9 Å². The molecule has 1 atom stereocenters. The molecule has 1 fully saturated rings. The van der Waals surface area contributed by atoms with E-state index in [1.165, 1.54) is 45.3 Å². The van der Waals surface area contributed by atoms with Gasteiger partial charge in [-0.2, -0.15) is 0 Å². The average molecular weight is 244 g/mol. The molecule has 1 aromatic carbocycles. The number of benzene rings is 1. The molecule has 1 unspecified atom stereocenters. The van der Waals surface area contributed by atoms with Gasteiger partial charge in [0.1, 0.15) is 0 Å². The molecule has 98 valence electrons. The van der Waals surface area contributed by atoms with E-state index in [2.05, 4.69) is 41.4 Å². The summed E-state index contributed by atoms with van der Waals surface area (Å²) in [4.78, 5) is 2.78.